The first-order valence-corrected chi connectivity index (χ1v) is 9.63. The lowest BCUT2D eigenvalue weighted by Gasteiger charge is -2.12. The van der Waals surface area contributed by atoms with Gasteiger partial charge in [-0.1, -0.05) is 19.8 Å². The summed E-state index contributed by atoms with van der Waals surface area (Å²) in [4.78, 5) is 1.11. The summed E-state index contributed by atoms with van der Waals surface area (Å²) < 4.78 is 27.8. The van der Waals surface area contributed by atoms with Gasteiger partial charge in [0.2, 0.25) is 10.0 Å². The van der Waals surface area contributed by atoms with Crippen molar-refractivity contribution in [3.8, 4) is 0 Å². The fourth-order valence-corrected chi connectivity index (χ4v) is 4.88. The molecule has 0 amide bonds. The van der Waals surface area contributed by atoms with E-state index in [0.29, 0.717) is 4.21 Å². The van der Waals surface area contributed by atoms with Crippen molar-refractivity contribution in [1.82, 2.24) is 10.0 Å². The van der Waals surface area contributed by atoms with Gasteiger partial charge in [-0.2, -0.15) is 0 Å². The molecule has 114 valence electrons. The van der Waals surface area contributed by atoms with Crippen LogP contribution in [0.15, 0.2) is 16.3 Å². The molecule has 0 radical (unpaired) electrons. The van der Waals surface area contributed by atoms with Crippen molar-refractivity contribution < 1.29 is 8.42 Å². The summed E-state index contributed by atoms with van der Waals surface area (Å²) in [5, 5.41) is 3.25. The molecule has 1 heterocycles. The van der Waals surface area contributed by atoms with Gasteiger partial charge in [0, 0.05) is 10.9 Å². The smallest absolute Gasteiger partial charge is 0.250 e. The summed E-state index contributed by atoms with van der Waals surface area (Å²) in [5.41, 5.74) is 0. The molecule has 0 saturated heterocycles. The highest BCUT2D eigenvalue weighted by atomic mass is 32.2. The molecule has 1 aliphatic carbocycles. The van der Waals surface area contributed by atoms with Crippen molar-refractivity contribution >= 4 is 21.4 Å². The van der Waals surface area contributed by atoms with E-state index in [1.165, 1.54) is 24.2 Å². The number of hydrogen-bond acceptors (Lipinski definition) is 4. The molecule has 6 heteroatoms. The summed E-state index contributed by atoms with van der Waals surface area (Å²) in [7, 11) is -3.34. The second-order valence-corrected chi connectivity index (χ2v) is 8.63. The van der Waals surface area contributed by atoms with E-state index in [2.05, 4.69) is 17.0 Å². The summed E-state index contributed by atoms with van der Waals surface area (Å²) in [6.45, 7) is 5.85. The number of nitrogens with one attached hydrogen (secondary N) is 2. The Morgan fingerprint density at radius 1 is 1.40 bits per heavy atom. The van der Waals surface area contributed by atoms with Gasteiger partial charge in [0.25, 0.3) is 0 Å². The van der Waals surface area contributed by atoms with E-state index >= 15 is 0 Å². The van der Waals surface area contributed by atoms with Gasteiger partial charge in [0.1, 0.15) is 4.21 Å². The normalized spacial score (nSPS) is 17.3. The standard InChI is InChI=1S/C14H24N2O2S2/c1-3-15-9-8-13-6-7-14(19-13)20(17,18)16-11(2)10-12-4-5-12/h6-7,11-12,15-16H,3-5,8-10H2,1-2H3. The lowest BCUT2D eigenvalue weighted by Crippen LogP contribution is -2.32. The quantitative estimate of drug-likeness (QED) is 0.688. The zero-order chi connectivity index (χ0) is 14.6. The van der Waals surface area contributed by atoms with Crippen LogP contribution in [0.2, 0.25) is 0 Å². The average Bonchev–Trinajstić information content (AvgIpc) is 3.04. The van der Waals surface area contributed by atoms with Crippen LogP contribution in [0.5, 0.6) is 0 Å². The number of hydrogen-bond donors (Lipinski definition) is 2. The maximum absolute atomic E-state index is 12.3. The fourth-order valence-electron chi connectivity index (χ4n) is 2.25. The highest BCUT2D eigenvalue weighted by Crippen LogP contribution is 2.33. The molecule has 1 aliphatic rings. The number of sulfonamides is 1. The minimum atomic E-state index is -3.34. The van der Waals surface area contributed by atoms with E-state index < -0.39 is 10.0 Å². The lowest BCUT2D eigenvalue weighted by atomic mass is 10.2. The first-order chi connectivity index (χ1) is 9.51. The summed E-state index contributed by atoms with van der Waals surface area (Å²) in [6, 6.07) is 3.67. The molecule has 1 saturated carbocycles. The monoisotopic (exact) mass is 316 g/mol. The zero-order valence-electron chi connectivity index (χ0n) is 12.2. The van der Waals surface area contributed by atoms with Crippen molar-refractivity contribution in [3.63, 3.8) is 0 Å². The highest BCUT2D eigenvalue weighted by Gasteiger charge is 2.26. The minimum absolute atomic E-state index is 0.0276. The van der Waals surface area contributed by atoms with Crippen LogP contribution in [-0.4, -0.2) is 27.5 Å². The third kappa shape index (κ3) is 4.84. The maximum atomic E-state index is 12.3. The van der Waals surface area contributed by atoms with Crippen LogP contribution in [-0.2, 0) is 16.4 Å². The van der Waals surface area contributed by atoms with Crippen LogP contribution >= 0.6 is 11.3 Å². The summed E-state index contributed by atoms with van der Waals surface area (Å²) in [6.07, 6.45) is 4.34. The fraction of sp³-hybridized carbons (Fsp3) is 0.714. The molecule has 0 aromatic carbocycles. The molecule has 20 heavy (non-hydrogen) atoms. The Labute approximate surface area is 126 Å². The minimum Gasteiger partial charge on any atom is -0.317 e. The molecule has 1 fully saturated rings. The molecule has 1 unspecified atom stereocenters. The van der Waals surface area contributed by atoms with Gasteiger partial charge in [0.15, 0.2) is 0 Å². The van der Waals surface area contributed by atoms with Crippen LogP contribution in [0.3, 0.4) is 0 Å². The second-order valence-electron chi connectivity index (χ2n) is 5.53. The molecule has 2 N–H and O–H groups in total. The largest absolute Gasteiger partial charge is 0.317 e. The van der Waals surface area contributed by atoms with Crippen molar-refractivity contribution in [2.75, 3.05) is 13.1 Å². The van der Waals surface area contributed by atoms with Gasteiger partial charge in [0.05, 0.1) is 0 Å². The van der Waals surface area contributed by atoms with E-state index in [-0.39, 0.29) is 6.04 Å². The van der Waals surface area contributed by atoms with E-state index in [9.17, 15) is 8.42 Å². The Morgan fingerprint density at radius 2 is 2.15 bits per heavy atom. The van der Waals surface area contributed by atoms with Crippen LogP contribution in [0, 0.1) is 5.92 Å². The van der Waals surface area contributed by atoms with Crippen LogP contribution in [0.1, 0.15) is 38.0 Å². The van der Waals surface area contributed by atoms with Gasteiger partial charge in [-0.25, -0.2) is 13.1 Å². The summed E-state index contributed by atoms with van der Waals surface area (Å²) in [5.74, 6) is 0.728. The third-order valence-electron chi connectivity index (χ3n) is 3.44. The van der Waals surface area contributed by atoms with E-state index in [0.717, 1.165) is 36.7 Å². The third-order valence-corrected chi connectivity index (χ3v) is 6.67. The molecule has 2 rings (SSSR count). The van der Waals surface area contributed by atoms with Crippen molar-refractivity contribution in [1.29, 1.82) is 0 Å². The molecule has 1 aromatic rings. The highest BCUT2D eigenvalue weighted by molar-refractivity contribution is 7.91. The van der Waals surface area contributed by atoms with E-state index in [1.807, 2.05) is 13.0 Å². The van der Waals surface area contributed by atoms with Crippen LogP contribution in [0.25, 0.3) is 0 Å². The van der Waals surface area contributed by atoms with E-state index in [1.54, 1.807) is 6.07 Å². The maximum Gasteiger partial charge on any atom is 0.250 e. The second kappa shape index (κ2) is 7.02. The molecular formula is C14H24N2O2S2. The van der Waals surface area contributed by atoms with Crippen LogP contribution < -0.4 is 10.0 Å². The number of likely N-dealkylation sites (N-methyl/N-ethyl adjacent to an activating group) is 1. The Balaban J connectivity index is 1.90. The van der Waals surface area contributed by atoms with Crippen LogP contribution in [0.4, 0.5) is 0 Å². The Kier molecular flexibility index (Phi) is 5.60. The van der Waals surface area contributed by atoms with Crippen molar-refractivity contribution in [3.05, 3.63) is 17.0 Å². The van der Waals surface area contributed by atoms with Gasteiger partial charge >= 0.3 is 0 Å². The molecule has 4 nitrogen and oxygen atoms in total. The molecule has 0 aliphatic heterocycles. The van der Waals surface area contributed by atoms with Gasteiger partial charge in [-0.3, -0.25) is 0 Å². The Hall–Kier alpha value is -0.430. The first-order valence-electron chi connectivity index (χ1n) is 7.33. The molecular weight excluding hydrogens is 292 g/mol. The molecule has 1 atom stereocenters. The predicted molar refractivity (Wildman–Crippen MR) is 83.7 cm³/mol. The zero-order valence-corrected chi connectivity index (χ0v) is 13.8. The summed E-state index contributed by atoms with van der Waals surface area (Å²) >= 11 is 1.38. The number of rotatable bonds is 9. The number of thiophene rings is 1. The Bertz CT molecular complexity index is 521. The topological polar surface area (TPSA) is 58.2 Å². The van der Waals surface area contributed by atoms with Gasteiger partial charge in [-0.15, -0.1) is 11.3 Å². The molecule has 0 bridgehead atoms. The van der Waals surface area contributed by atoms with Crippen molar-refractivity contribution in [2.45, 2.75) is 49.8 Å². The lowest BCUT2D eigenvalue weighted by molar-refractivity contribution is 0.531. The van der Waals surface area contributed by atoms with Gasteiger partial charge < -0.3 is 5.32 Å². The molecule has 1 aromatic heterocycles. The first kappa shape index (κ1) is 15.9. The van der Waals surface area contributed by atoms with Gasteiger partial charge in [-0.05, 0) is 50.9 Å². The Morgan fingerprint density at radius 3 is 2.80 bits per heavy atom. The SMILES string of the molecule is CCNCCc1ccc(S(=O)(=O)NC(C)CC2CC2)s1. The molecule has 0 spiro atoms. The average molecular weight is 316 g/mol. The van der Waals surface area contributed by atoms with Crippen molar-refractivity contribution in [2.24, 2.45) is 5.92 Å². The predicted octanol–water partition coefficient (Wildman–Crippen LogP) is 2.37. The van der Waals surface area contributed by atoms with E-state index in [4.69, 9.17) is 0 Å².